The van der Waals surface area contributed by atoms with Crippen LogP contribution in [0.5, 0.6) is 0 Å². The molecular weight excluding hydrogens is 160 g/mol. The highest BCUT2D eigenvalue weighted by Crippen LogP contribution is 2.07. The minimum absolute atomic E-state index is 1.20. The lowest BCUT2D eigenvalue weighted by Crippen LogP contribution is -2.37. The molecule has 0 amide bonds. The average Bonchev–Trinajstić information content (AvgIpc) is 2.21. The van der Waals surface area contributed by atoms with Crippen LogP contribution in [-0.4, -0.2) is 49.1 Å². The maximum absolute atomic E-state index is 2.61. The van der Waals surface area contributed by atoms with Crippen LogP contribution in [0.2, 0.25) is 0 Å². The van der Waals surface area contributed by atoms with E-state index in [2.05, 4.69) is 23.6 Å². The summed E-state index contributed by atoms with van der Waals surface area (Å²) in [5, 5.41) is 0. The zero-order valence-corrected chi connectivity index (χ0v) is 9.26. The number of rotatable bonds is 5. The highest BCUT2D eigenvalue weighted by Gasteiger charge is 2.10. The Balaban J connectivity index is 2.09. The molecule has 13 heavy (non-hydrogen) atoms. The minimum atomic E-state index is 1.20. The smallest absolute Gasteiger partial charge is 0.0109 e. The zero-order valence-electron chi connectivity index (χ0n) is 9.26. The lowest BCUT2D eigenvalue weighted by atomic mass is 10.1. The third-order valence-corrected chi connectivity index (χ3v) is 3.08. The summed E-state index contributed by atoms with van der Waals surface area (Å²) in [7, 11) is 0. The molecule has 2 nitrogen and oxygen atoms in total. The van der Waals surface area contributed by atoms with Crippen molar-refractivity contribution in [3.63, 3.8) is 0 Å². The van der Waals surface area contributed by atoms with Crippen LogP contribution in [0.25, 0.3) is 0 Å². The Hall–Kier alpha value is -0.0800. The van der Waals surface area contributed by atoms with Gasteiger partial charge < -0.3 is 9.80 Å². The number of piperidine rings is 1. The summed E-state index contributed by atoms with van der Waals surface area (Å²) < 4.78 is 0. The van der Waals surface area contributed by atoms with Crippen molar-refractivity contribution in [2.45, 2.75) is 33.1 Å². The van der Waals surface area contributed by atoms with Crippen LogP contribution in [-0.2, 0) is 0 Å². The Bertz CT molecular complexity index is 115. The molecule has 1 rings (SSSR count). The Morgan fingerprint density at radius 1 is 1.00 bits per heavy atom. The van der Waals surface area contributed by atoms with E-state index in [9.17, 15) is 0 Å². The monoisotopic (exact) mass is 184 g/mol. The molecular formula is C11H24N2. The number of hydrogen-bond acceptors (Lipinski definition) is 2. The van der Waals surface area contributed by atoms with Crippen molar-refractivity contribution in [2.75, 3.05) is 39.3 Å². The van der Waals surface area contributed by atoms with Crippen molar-refractivity contribution in [1.82, 2.24) is 9.80 Å². The third kappa shape index (κ3) is 4.10. The van der Waals surface area contributed by atoms with Crippen LogP contribution < -0.4 is 0 Å². The van der Waals surface area contributed by atoms with Crippen LogP contribution in [0.1, 0.15) is 33.1 Å². The van der Waals surface area contributed by atoms with E-state index < -0.39 is 0 Å². The second-order valence-electron chi connectivity index (χ2n) is 3.93. The molecule has 0 N–H and O–H groups in total. The molecule has 0 aromatic heterocycles. The van der Waals surface area contributed by atoms with Gasteiger partial charge in [-0.1, -0.05) is 20.3 Å². The molecule has 1 aliphatic heterocycles. The molecule has 0 unspecified atom stereocenters. The molecule has 1 aliphatic rings. The summed E-state index contributed by atoms with van der Waals surface area (Å²) in [6.07, 6.45) is 4.28. The summed E-state index contributed by atoms with van der Waals surface area (Å²) in [6.45, 7) is 12.1. The average molecular weight is 184 g/mol. The first-order chi connectivity index (χ1) is 6.36. The molecule has 0 aliphatic carbocycles. The topological polar surface area (TPSA) is 6.48 Å². The Morgan fingerprint density at radius 3 is 2.15 bits per heavy atom. The minimum Gasteiger partial charge on any atom is -0.303 e. The Labute approximate surface area is 82.9 Å². The molecule has 0 bridgehead atoms. The first kappa shape index (κ1) is 11.0. The molecule has 0 aromatic rings. The van der Waals surface area contributed by atoms with E-state index in [1.807, 2.05) is 0 Å². The Kier molecular flexibility index (Phi) is 5.40. The summed E-state index contributed by atoms with van der Waals surface area (Å²) in [6, 6.07) is 0. The summed E-state index contributed by atoms with van der Waals surface area (Å²) in [5.41, 5.74) is 0. The van der Waals surface area contributed by atoms with E-state index >= 15 is 0 Å². The summed E-state index contributed by atoms with van der Waals surface area (Å²) in [5.74, 6) is 0. The first-order valence-corrected chi connectivity index (χ1v) is 5.81. The highest BCUT2D eigenvalue weighted by atomic mass is 15.2. The van der Waals surface area contributed by atoms with Gasteiger partial charge in [-0.05, 0) is 39.0 Å². The van der Waals surface area contributed by atoms with Gasteiger partial charge in [-0.25, -0.2) is 0 Å². The highest BCUT2D eigenvalue weighted by molar-refractivity contribution is 4.66. The molecule has 1 heterocycles. The van der Waals surface area contributed by atoms with E-state index in [0.29, 0.717) is 0 Å². The maximum atomic E-state index is 2.61. The molecule has 78 valence electrons. The number of likely N-dealkylation sites (tertiary alicyclic amines) is 1. The maximum Gasteiger partial charge on any atom is 0.0109 e. The van der Waals surface area contributed by atoms with E-state index in [1.54, 1.807) is 0 Å². The van der Waals surface area contributed by atoms with Gasteiger partial charge in [0.1, 0.15) is 0 Å². The van der Waals surface area contributed by atoms with Gasteiger partial charge in [0.05, 0.1) is 0 Å². The fraction of sp³-hybridized carbons (Fsp3) is 1.00. The van der Waals surface area contributed by atoms with E-state index in [1.165, 1.54) is 58.5 Å². The van der Waals surface area contributed by atoms with Crippen LogP contribution in [0.4, 0.5) is 0 Å². The summed E-state index contributed by atoms with van der Waals surface area (Å²) >= 11 is 0. The predicted octanol–water partition coefficient (Wildman–Crippen LogP) is 1.81. The third-order valence-electron chi connectivity index (χ3n) is 3.08. The SMILES string of the molecule is CCN(CC)CCN1CCCCC1. The Morgan fingerprint density at radius 2 is 1.62 bits per heavy atom. The number of likely N-dealkylation sites (N-methyl/N-ethyl adjacent to an activating group) is 1. The van der Waals surface area contributed by atoms with Crippen molar-refractivity contribution in [3.05, 3.63) is 0 Å². The molecule has 0 spiro atoms. The van der Waals surface area contributed by atoms with Gasteiger partial charge in [-0.3, -0.25) is 0 Å². The van der Waals surface area contributed by atoms with E-state index in [4.69, 9.17) is 0 Å². The van der Waals surface area contributed by atoms with Gasteiger partial charge in [-0.2, -0.15) is 0 Å². The lowest BCUT2D eigenvalue weighted by molar-refractivity contribution is 0.189. The molecule has 1 fully saturated rings. The van der Waals surface area contributed by atoms with Gasteiger partial charge in [0.15, 0.2) is 0 Å². The fourth-order valence-corrected chi connectivity index (χ4v) is 2.01. The van der Waals surface area contributed by atoms with Crippen molar-refractivity contribution in [1.29, 1.82) is 0 Å². The van der Waals surface area contributed by atoms with Crippen molar-refractivity contribution < 1.29 is 0 Å². The number of nitrogens with zero attached hydrogens (tertiary/aromatic N) is 2. The molecule has 0 aromatic carbocycles. The molecule has 0 saturated carbocycles. The van der Waals surface area contributed by atoms with Crippen LogP contribution in [0, 0.1) is 0 Å². The zero-order chi connectivity index (χ0) is 9.52. The van der Waals surface area contributed by atoms with Gasteiger partial charge in [0.25, 0.3) is 0 Å². The van der Waals surface area contributed by atoms with Crippen LogP contribution >= 0.6 is 0 Å². The van der Waals surface area contributed by atoms with Crippen LogP contribution in [0.3, 0.4) is 0 Å². The predicted molar refractivity (Wildman–Crippen MR) is 58.1 cm³/mol. The van der Waals surface area contributed by atoms with Gasteiger partial charge in [0.2, 0.25) is 0 Å². The molecule has 0 radical (unpaired) electrons. The lowest BCUT2D eigenvalue weighted by Gasteiger charge is -2.29. The second kappa shape index (κ2) is 6.39. The largest absolute Gasteiger partial charge is 0.303 e. The number of hydrogen-bond donors (Lipinski definition) is 0. The summed E-state index contributed by atoms with van der Waals surface area (Å²) in [4.78, 5) is 5.12. The normalized spacial score (nSPS) is 19.6. The first-order valence-electron chi connectivity index (χ1n) is 5.81. The molecule has 2 heteroatoms. The molecule has 0 atom stereocenters. The van der Waals surface area contributed by atoms with Gasteiger partial charge >= 0.3 is 0 Å². The van der Waals surface area contributed by atoms with Gasteiger partial charge in [0, 0.05) is 13.1 Å². The van der Waals surface area contributed by atoms with Crippen molar-refractivity contribution >= 4 is 0 Å². The second-order valence-corrected chi connectivity index (χ2v) is 3.93. The fourth-order valence-electron chi connectivity index (χ4n) is 2.01. The van der Waals surface area contributed by atoms with Gasteiger partial charge in [-0.15, -0.1) is 0 Å². The van der Waals surface area contributed by atoms with E-state index in [0.717, 1.165) is 0 Å². The van der Waals surface area contributed by atoms with E-state index in [-0.39, 0.29) is 0 Å². The standard InChI is InChI=1S/C11H24N2/c1-3-12(4-2)10-11-13-8-6-5-7-9-13/h3-11H2,1-2H3. The van der Waals surface area contributed by atoms with Crippen molar-refractivity contribution in [2.24, 2.45) is 0 Å². The quantitative estimate of drug-likeness (QED) is 0.643. The van der Waals surface area contributed by atoms with Crippen molar-refractivity contribution in [3.8, 4) is 0 Å². The van der Waals surface area contributed by atoms with Crippen LogP contribution in [0.15, 0.2) is 0 Å². The molecule has 1 saturated heterocycles.